The molecule has 1 aliphatic heterocycles. The summed E-state index contributed by atoms with van der Waals surface area (Å²) in [6.07, 6.45) is 1.97. The van der Waals surface area contributed by atoms with Crippen LogP contribution in [0.4, 0.5) is 0 Å². The molecule has 0 radical (unpaired) electrons. The van der Waals surface area contributed by atoms with Crippen molar-refractivity contribution in [3.05, 3.63) is 94.0 Å². The second-order valence-electron chi connectivity index (χ2n) is 7.37. The van der Waals surface area contributed by atoms with Crippen molar-refractivity contribution in [2.75, 3.05) is 6.54 Å². The lowest BCUT2D eigenvalue weighted by Gasteiger charge is -2.25. The van der Waals surface area contributed by atoms with E-state index in [2.05, 4.69) is 10.1 Å². The molecule has 5 rings (SSSR count). The lowest BCUT2D eigenvalue weighted by atomic mass is 10.1. The van der Waals surface area contributed by atoms with Crippen LogP contribution < -0.4 is 5.56 Å². The van der Waals surface area contributed by atoms with Gasteiger partial charge in [0.15, 0.2) is 0 Å². The molecule has 3 heterocycles. The summed E-state index contributed by atoms with van der Waals surface area (Å²) in [4.78, 5) is 17.2. The zero-order valence-electron chi connectivity index (χ0n) is 16.2. The Bertz CT molecular complexity index is 1390. The maximum atomic E-state index is 13.4. The quantitative estimate of drug-likeness (QED) is 0.550. The summed E-state index contributed by atoms with van der Waals surface area (Å²) in [5, 5.41) is 3.90. The number of aromatic amines is 1. The summed E-state index contributed by atoms with van der Waals surface area (Å²) in [5.74, 6) is 0. The lowest BCUT2D eigenvalue weighted by molar-refractivity contribution is 0.386. The first kappa shape index (κ1) is 18.8. The van der Waals surface area contributed by atoms with E-state index in [9.17, 15) is 13.2 Å². The number of hydrogen-bond donors (Lipinski definition) is 1. The van der Waals surface area contributed by atoms with E-state index >= 15 is 0 Å². The Hall–Kier alpha value is -3.23. The highest BCUT2D eigenvalue weighted by molar-refractivity contribution is 7.89. The number of fused-ring (bicyclic) bond motifs is 2. The van der Waals surface area contributed by atoms with Crippen LogP contribution in [0.15, 0.2) is 76.6 Å². The van der Waals surface area contributed by atoms with Crippen molar-refractivity contribution in [1.29, 1.82) is 0 Å². The van der Waals surface area contributed by atoms with Gasteiger partial charge in [-0.05, 0) is 24.1 Å². The van der Waals surface area contributed by atoms with E-state index in [1.54, 1.807) is 29.1 Å². The fourth-order valence-electron chi connectivity index (χ4n) is 3.96. The van der Waals surface area contributed by atoms with Crippen LogP contribution in [0.2, 0.25) is 0 Å². The Morgan fingerprint density at radius 1 is 1.00 bits per heavy atom. The molecule has 8 heteroatoms. The van der Waals surface area contributed by atoms with Crippen LogP contribution in [0.5, 0.6) is 0 Å². The molecule has 0 aliphatic carbocycles. The minimum absolute atomic E-state index is 0.0854. The normalized spacial score (nSPS) is 14.7. The SMILES string of the molecule is O=c1c2c([nH]n1Cc1ccccc1)CN(S(=O)(=O)c1cccc3cccnc13)CC2. The maximum Gasteiger partial charge on any atom is 0.270 e. The largest absolute Gasteiger partial charge is 0.298 e. The smallest absolute Gasteiger partial charge is 0.270 e. The minimum atomic E-state index is -3.75. The van der Waals surface area contributed by atoms with Gasteiger partial charge in [0.1, 0.15) is 4.90 Å². The monoisotopic (exact) mass is 420 g/mol. The number of aromatic nitrogens is 3. The Labute approximate surface area is 173 Å². The van der Waals surface area contributed by atoms with Gasteiger partial charge in [-0.2, -0.15) is 4.31 Å². The third-order valence-electron chi connectivity index (χ3n) is 5.48. The van der Waals surface area contributed by atoms with Gasteiger partial charge in [-0.3, -0.25) is 14.9 Å². The highest BCUT2D eigenvalue weighted by Crippen LogP contribution is 2.27. The zero-order valence-corrected chi connectivity index (χ0v) is 17.0. The first-order chi connectivity index (χ1) is 14.5. The Morgan fingerprint density at radius 2 is 1.80 bits per heavy atom. The molecule has 2 aromatic carbocycles. The molecule has 4 aromatic rings. The first-order valence-electron chi connectivity index (χ1n) is 9.72. The van der Waals surface area contributed by atoms with Crippen LogP contribution in [0.3, 0.4) is 0 Å². The Morgan fingerprint density at radius 3 is 2.63 bits per heavy atom. The van der Waals surface area contributed by atoms with Crippen molar-refractivity contribution in [3.63, 3.8) is 0 Å². The molecule has 0 spiro atoms. The van der Waals surface area contributed by atoms with Gasteiger partial charge in [0.25, 0.3) is 5.56 Å². The van der Waals surface area contributed by atoms with E-state index < -0.39 is 10.0 Å². The number of H-pyrrole nitrogens is 1. The molecular weight excluding hydrogens is 400 g/mol. The fourth-order valence-corrected chi connectivity index (χ4v) is 5.53. The van der Waals surface area contributed by atoms with Gasteiger partial charge in [-0.15, -0.1) is 0 Å². The predicted molar refractivity (Wildman–Crippen MR) is 114 cm³/mol. The van der Waals surface area contributed by atoms with Crippen LogP contribution in [0, 0.1) is 0 Å². The second-order valence-corrected chi connectivity index (χ2v) is 9.27. The molecule has 0 fully saturated rings. The van der Waals surface area contributed by atoms with E-state index in [0.29, 0.717) is 29.7 Å². The summed E-state index contributed by atoms with van der Waals surface area (Å²) in [7, 11) is -3.75. The van der Waals surface area contributed by atoms with E-state index in [1.165, 1.54) is 4.31 Å². The number of nitrogens with one attached hydrogen (secondary N) is 1. The highest BCUT2D eigenvalue weighted by atomic mass is 32.2. The van der Waals surface area contributed by atoms with Crippen LogP contribution in [0.1, 0.15) is 16.8 Å². The first-order valence-corrected chi connectivity index (χ1v) is 11.2. The summed E-state index contributed by atoms with van der Waals surface area (Å²) in [5.41, 5.74) is 2.69. The molecule has 1 N–H and O–H groups in total. The van der Waals surface area contributed by atoms with Gasteiger partial charge in [0, 0.05) is 23.7 Å². The summed E-state index contributed by atoms with van der Waals surface area (Å²) in [6.45, 7) is 0.821. The number of rotatable bonds is 4. The molecule has 0 unspecified atom stereocenters. The average molecular weight is 420 g/mol. The van der Waals surface area contributed by atoms with Crippen molar-refractivity contribution in [2.45, 2.75) is 24.4 Å². The molecule has 30 heavy (non-hydrogen) atoms. The van der Waals surface area contributed by atoms with E-state index in [4.69, 9.17) is 0 Å². The molecular formula is C22H20N4O3S. The average Bonchev–Trinajstić information content (AvgIpc) is 3.08. The molecule has 1 aliphatic rings. The highest BCUT2D eigenvalue weighted by Gasteiger charge is 2.32. The van der Waals surface area contributed by atoms with Crippen molar-refractivity contribution in [3.8, 4) is 0 Å². The standard InChI is InChI=1S/C22H20N4O3S/c27-22-18-11-13-25(15-19(18)24-26(22)14-16-6-2-1-3-7-16)30(28,29)20-10-4-8-17-9-5-12-23-21(17)20/h1-10,12,24H,11,13-15H2. The molecule has 2 aromatic heterocycles. The summed E-state index contributed by atoms with van der Waals surface area (Å²) in [6, 6.07) is 18.5. The third-order valence-corrected chi connectivity index (χ3v) is 7.36. The number of pyridine rings is 1. The van der Waals surface area contributed by atoms with Crippen molar-refractivity contribution >= 4 is 20.9 Å². The second kappa shape index (κ2) is 7.23. The number of para-hydroxylation sites is 1. The van der Waals surface area contributed by atoms with Crippen LogP contribution in [-0.2, 0) is 29.5 Å². The van der Waals surface area contributed by atoms with E-state index in [1.807, 2.05) is 42.5 Å². The van der Waals surface area contributed by atoms with Crippen LogP contribution in [0.25, 0.3) is 10.9 Å². The molecule has 0 amide bonds. The number of nitrogens with zero attached hydrogens (tertiary/aromatic N) is 3. The van der Waals surface area contributed by atoms with Gasteiger partial charge in [-0.25, -0.2) is 13.1 Å². The van der Waals surface area contributed by atoms with Crippen molar-refractivity contribution in [2.24, 2.45) is 0 Å². The molecule has 7 nitrogen and oxygen atoms in total. The van der Waals surface area contributed by atoms with Crippen LogP contribution >= 0.6 is 0 Å². The molecule has 0 bridgehead atoms. The summed E-state index contributed by atoms with van der Waals surface area (Å²) < 4.78 is 29.7. The predicted octanol–water partition coefficient (Wildman–Crippen LogP) is 2.52. The minimum Gasteiger partial charge on any atom is -0.298 e. The van der Waals surface area contributed by atoms with E-state index in [0.717, 1.165) is 10.9 Å². The topological polar surface area (TPSA) is 88.1 Å². The Balaban J connectivity index is 1.48. The molecule has 0 saturated heterocycles. The fraction of sp³-hybridized carbons (Fsp3) is 0.182. The number of sulfonamides is 1. The number of hydrogen-bond acceptors (Lipinski definition) is 4. The Kier molecular flexibility index (Phi) is 4.52. The summed E-state index contributed by atoms with van der Waals surface area (Å²) >= 11 is 0. The molecule has 0 atom stereocenters. The van der Waals surface area contributed by atoms with Gasteiger partial charge < -0.3 is 0 Å². The van der Waals surface area contributed by atoms with Crippen LogP contribution in [-0.4, -0.2) is 34.0 Å². The maximum absolute atomic E-state index is 13.4. The molecule has 152 valence electrons. The van der Waals surface area contributed by atoms with Crippen molar-refractivity contribution in [1.82, 2.24) is 19.1 Å². The third kappa shape index (κ3) is 3.14. The lowest BCUT2D eigenvalue weighted by Crippen LogP contribution is -2.37. The van der Waals surface area contributed by atoms with Gasteiger partial charge in [-0.1, -0.05) is 48.5 Å². The van der Waals surface area contributed by atoms with Gasteiger partial charge in [0.05, 0.1) is 24.3 Å². The number of benzene rings is 2. The zero-order chi connectivity index (χ0) is 20.7. The van der Waals surface area contributed by atoms with Gasteiger partial charge in [0.2, 0.25) is 10.0 Å². The van der Waals surface area contributed by atoms with Gasteiger partial charge >= 0.3 is 0 Å². The molecule has 0 saturated carbocycles. The van der Waals surface area contributed by atoms with Crippen molar-refractivity contribution < 1.29 is 8.42 Å². The van der Waals surface area contributed by atoms with E-state index in [-0.39, 0.29) is 23.5 Å².